The van der Waals surface area contributed by atoms with Crippen LogP contribution in [0.2, 0.25) is 5.02 Å². The van der Waals surface area contributed by atoms with Crippen LogP contribution in [0.4, 0.5) is 5.13 Å². The second-order valence-electron chi connectivity index (χ2n) is 6.42. The number of fused-ring (bicyclic) bond motifs is 1. The number of oxazole rings is 1. The van der Waals surface area contributed by atoms with Gasteiger partial charge in [-0.15, -0.1) is 0 Å². The fraction of sp³-hybridized carbons (Fsp3) is 0.105. The Kier molecular flexibility index (Phi) is 5.92. The Morgan fingerprint density at radius 1 is 1.26 bits per heavy atom. The Hall–Kier alpha value is -2.99. The molecule has 31 heavy (non-hydrogen) atoms. The molecule has 2 aromatic carbocycles. The summed E-state index contributed by atoms with van der Waals surface area (Å²) in [6.07, 6.45) is 4.87. The molecule has 0 aliphatic heterocycles. The van der Waals surface area contributed by atoms with Crippen LogP contribution in [0, 0.1) is 0 Å². The first-order chi connectivity index (χ1) is 14.9. The molecule has 0 unspecified atom stereocenters. The number of nitrogens with zero attached hydrogens (tertiary/aromatic N) is 3. The lowest BCUT2D eigenvalue weighted by molar-refractivity contribution is 0.517. The van der Waals surface area contributed by atoms with Gasteiger partial charge in [0.15, 0.2) is 5.58 Å². The standard InChI is InChI=1S/C19H16ClN5O4S2/c20-14-4-3-13(12(8-14)2-1-7-21)10-25-16-6-5-15(9-17(16)29-19(25)26)31(27,28)24-18-22-11-23-30-18/h1-6,8-9,11H,7,10,21H2,(H,22,23,24). The van der Waals surface area contributed by atoms with E-state index in [4.69, 9.17) is 21.8 Å². The van der Waals surface area contributed by atoms with Gasteiger partial charge in [0.1, 0.15) is 6.33 Å². The Morgan fingerprint density at radius 3 is 2.84 bits per heavy atom. The van der Waals surface area contributed by atoms with Crippen molar-refractivity contribution >= 4 is 55.5 Å². The van der Waals surface area contributed by atoms with Gasteiger partial charge in [-0.3, -0.25) is 9.29 Å². The van der Waals surface area contributed by atoms with Crippen LogP contribution in [-0.2, 0) is 16.6 Å². The number of nitrogens with one attached hydrogen (secondary N) is 1. The fourth-order valence-electron chi connectivity index (χ4n) is 2.99. The molecule has 4 aromatic rings. The molecule has 0 aliphatic rings. The highest BCUT2D eigenvalue weighted by atomic mass is 35.5. The predicted molar refractivity (Wildman–Crippen MR) is 120 cm³/mol. The van der Waals surface area contributed by atoms with Crippen molar-refractivity contribution in [3.05, 3.63) is 75.5 Å². The second kappa shape index (κ2) is 8.63. The molecule has 0 saturated carbocycles. The van der Waals surface area contributed by atoms with E-state index in [9.17, 15) is 13.2 Å². The van der Waals surface area contributed by atoms with E-state index < -0.39 is 15.8 Å². The fourth-order valence-corrected chi connectivity index (χ4v) is 4.84. The van der Waals surface area contributed by atoms with Crippen molar-refractivity contribution in [2.24, 2.45) is 5.73 Å². The summed E-state index contributed by atoms with van der Waals surface area (Å²) in [6, 6.07) is 9.55. The number of aromatic nitrogens is 3. The molecule has 0 radical (unpaired) electrons. The van der Waals surface area contributed by atoms with Crippen LogP contribution < -0.4 is 16.2 Å². The highest BCUT2D eigenvalue weighted by Gasteiger charge is 2.19. The summed E-state index contributed by atoms with van der Waals surface area (Å²) in [6.45, 7) is 0.575. The number of rotatable bonds is 7. The highest BCUT2D eigenvalue weighted by molar-refractivity contribution is 7.93. The Bertz CT molecular complexity index is 1430. The molecule has 0 fully saturated rings. The average molecular weight is 478 g/mol. The van der Waals surface area contributed by atoms with Crippen LogP contribution >= 0.6 is 23.1 Å². The van der Waals surface area contributed by atoms with E-state index in [1.165, 1.54) is 29.1 Å². The molecule has 3 N–H and O–H groups in total. The number of benzene rings is 2. The molecule has 160 valence electrons. The van der Waals surface area contributed by atoms with Crippen molar-refractivity contribution in [1.82, 2.24) is 13.9 Å². The van der Waals surface area contributed by atoms with Crippen LogP contribution in [-0.4, -0.2) is 28.9 Å². The first-order valence-corrected chi connectivity index (χ1v) is 11.6. The zero-order valence-electron chi connectivity index (χ0n) is 15.9. The molecule has 0 aliphatic carbocycles. The van der Waals surface area contributed by atoms with Gasteiger partial charge in [-0.25, -0.2) is 18.2 Å². The summed E-state index contributed by atoms with van der Waals surface area (Å²) in [5.41, 5.74) is 7.80. The van der Waals surface area contributed by atoms with Gasteiger partial charge in [-0.1, -0.05) is 29.8 Å². The normalized spacial score (nSPS) is 12.1. The van der Waals surface area contributed by atoms with Crippen LogP contribution in [0.5, 0.6) is 0 Å². The number of anilines is 1. The van der Waals surface area contributed by atoms with Gasteiger partial charge in [0.25, 0.3) is 10.0 Å². The zero-order chi connectivity index (χ0) is 22.0. The maximum Gasteiger partial charge on any atom is 0.420 e. The molecule has 0 atom stereocenters. The van der Waals surface area contributed by atoms with Crippen molar-refractivity contribution in [3.63, 3.8) is 0 Å². The van der Waals surface area contributed by atoms with E-state index in [1.807, 2.05) is 12.1 Å². The highest BCUT2D eigenvalue weighted by Crippen LogP contribution is 2.24. The SMILES string of the molecule is NCC=Cc1cc(Cl)ccc1Cn1c(=O)oc2cc(S(=O)(=O)Nc3ncns3)ccc21. The molecule has 4 rings (SSSR count). The van der Waals surface area contributed by atoms with Crippen molar-refractivity contribution in [2.75, 3.05) is 11.3 Å². The molecule has 0 spiro atoms. The monoisotopic (exact) mass is 477 g/mol. The molecule has 0 bridgehead atoms. The maximum absolute atomic E-state index is 12.6. The van der Waals surface area contributed by atoms with Gasteiger partial charge in [0, 0.05) is 29.2 Å². The summed E-state index contributed by atoms with van der Waals surface area (Å²) >= 11 is 7.00. The lowest BCUT2D eigenvalue weighted by atomic mass is 10.1. The van der Waals surface area contributed by atoms with Gasteiger partial charge in [-0.2, -0.15) is 4.37 Å². The smallest absolute Gasteiger partial charge is 0.408 e. The summed E-state index contributed by atoms with van der Waals surface area (Å²) in [5, 5.41) is 0.697. The van der Waals surface area contributed by atoms with Crippen molar-refractivity contribution in [3.8, 4) is 0 Å². The third-order valence-electron chi connectivity index (χ3n) is 4.40. The van der Waals surface area contributed by atoms with Gasteiger partial charge < -0.3 is 10.2 Å². The third kappa shape index (κ3) is 4.54. The summed E-state index contributed by atoms with van der Waals surface area (Å²) < 4.78 is 38.0. The number of halogens is 1. The summed E-state index contributed by atoms with van der Waals surface area (Å²) in [5.74, 6) is -0.606. The molecule has 9 nitrogen and oxygen atoms in total. The minimum atomic E-state index is -3.91. The molecule has 0 amide bonds. The van der Waals surface area contributed by atoms with Crippen LogP contribution in [0.25, 0.3) is 17.2 Å². The first-order valence-electron chi connectivity index (χ1n) is 8.95. The Labute approximate surface area is 186 Å². The predicted octanol–water partition coefficient (Wildman–Crippen LogP) is 2.92. The zero-order valence-corrected chi connectivity index (χ0v) is 18.2. The molecule has 0 saturated heterocycles. The average Bonchev–Trinajstić information content (AvgIpc) is 3.34. The van der Waals surface area contributed by atoms with Crippen LogP contribution in [0.15, 0.2) is 62.9 Å². The van der Waals surface area contributed by atoms with Crippen molar-refractivity contribution < 1.29 is 12.8 Å². The third-order valence-corrected chi connectivity index (χ3v) is 6.68. The minimum absolute atomic E-state index is 0.0610. The van der Waals surface area contributed by atoms with Gasteiger partial charge in [-0.05, 0) is 35.4 Å². The van der Waals surface area contributed by atoms with Crippen LogP contribution in [0.1, 0.15) is 11.1 Å². The van der Waals surface area contributed by atoms with E-state index in [-0.39, 0.29) is 22.2 Å². The number of hydrogen-bond acceptors (Lipinski definition) is 8. The molecular formula is C19H16ClN5O4S2. The summed E-state index contributed by atoms with van der Waals surface area (Å²) in [7, 11) is -3.91. The largest absolute Gasteiger partial charge is 0.420 e. The lowest BCUT2D eigenvalue weighted by Crippen LogP contribution is -2.15. The Balaban J connectivity index is 1.71. The van der Waals surface area contributed by atoms with Gasteiger partial charge in [0.05, 0.1) is 17.0 Å². The second-order valence-corrected chi connectivity index (χ2v) is 9.32. The number of sulfonamides is 1. The first kappa shape index (κ1) is 21.2. The summed E-state index contributed by atoms with van der Waals surface area (Å²) in [4.78, 5) is 16.2. The topological polar surface area (TPSA) is 133 Å². The number of nitrogens with two attached hydrogens (primary N) is 1. The van der Waals surface area contributed by atoms with E-state index in [0.29, 0.717) is 17.1 Å². The molecule has 2 heterocycles. The lowest BCUT2D eigenvalue weighted by Gasteiger charge is -2.08. The van der Waals surface area contributed by atoms with Gasteiger partial charge >= 0.3 is 5.76 Å². The number of hydrogen-bond donors (Lipinski definition) is 2. The van der Waals surface area contributed by atoms with E-state index in [1.54, 1.807) is 18.2 Å². The van der Waals surface area contributed by atoms with E-state index in [0.717, 1.165) is 22.7 Å². The Morgan fingerprint density at radius 2 is 2.10 bits per heavy atom. The maximum atomic E-state index is 12.6. The van der Waals surface area contributed by atoms with E-state index in [2.05, 4.69) is 14.1 Å². The minimum Gasteiger partial charge on any atom is -0.408 e. The van der Waals surface area contributed by atoms with E-state index >= 15 is 0 Å². The molecule has 2 aromatic heterocycles. The van der Waals surface area contributed by atoms with Gasteiger partial charge in [0.2, 0.25) is 5.13 Å². The quantitative estimate of drug-likeness (QED) is 0.418. The van der Waals surface area contributed by atoms with Crippen LogP contribution in [0.3, 0.4) is 0 Å². The van der Waals surface area contributed by atoms with Crippen molar-refractivity contribution in [2.45, 2.75) is 11.4 Å². The van der Waals surface area contributed by atoms with Crippen molar-refractivity contribution in [1.29, 1.82) is 0 Å². The molecular weight excluding hydrogens is 462 g/mol. The molecule has 12 heteroatoms.